The predicted octanol–water partition coefficient (Wildman–Crippen LogP) is 3.83. The largest absolute Gasteiger partial charge is 0.369 e. The first-order chi connectivity index (χ1) is 15.3. The van der Waals surface area contributed by atoms with Crippen LogP contribution in [0.3, 0.4) is 0 Å². The highest BCUT2D eigenvalue weighted by atomic mass is 16.2. The van der Waals surface area contributed by atoms with E-state index in [-0.39, 0.29) is 17.7 Å². The molecule has 3 unspecified atom stereocenters. The Bertz CT molecular complexity index is 1030. The lowest BCUT2D eigenvalue weighted by Gasteiger charge is -2.28. The van der Waals surface area contributed by atoms with Gasteiger partial charge >= 0.3 is 0 Å². The van der Waals surface area contributed by atoms with Crippen LogP contribution in [0, 0.1) is 17.8 Å². The summed E-state index contributed by atoms with van der Waals surface area (Å²) in [5.41, 5.74) is 8.96. The van der Waals surface area contributed by atoms with Crippen LogP contribution in [0.2, 0.25) is 0 Å². The molecule has 0 aromatic heterocycles. The quantitative estimate of drug-likeness (QED) is 0.620. The fourth-order valence-corrected chi connectivity index (χ4v) is 4.44. The van der Waals surface area contributed by atoms with Crippen molar-refractivity contribution in [2.75, 3.05) is 11.9 Å². The summed E-state index contributed by atoms with van der Waals surface area (Å²) in [6, 6.07) is 14.4. The molecular formula is C26H31N3O3. The predicted molar refractivity (Wildman–Crippen MR) is 127 cm³/mol. The Morgan fingerprint density at radius 1 is 1.09 bits per heavy atom. The Morgan fingerprint density at radius 3 is 2.34 bits per heavy atom. The van der Waals surface area contributed by atoms with Gasteiger partial charge in [0.25, 0.3) is 5.91 Å². The maximum absolute atomic E-state index is 13.5. The fourth-order valence-electron chi connectivity index (χ4n) is 4.44. The molecule has 0 spiro atoms. The first-order valence-electron chi connectivity index (χ1n) is 10.9. The third kappa shape index (κ3) is 4.59. The van der Waals surface area contributed by atoms with Gasteiger partial charge in [-0.05, 0) is 36.0 Å². The van der Waals surface area contributed by atoms with Gasteiger partial charge in [-0.2, -0.15) is 0 Å². The van der Waals surface area contributed by atoms with Crippen molar-refractivity contribution < 1.29 is 14.4 Å². The van der Waals surface area contributed by atoms with Gasteiger partial charge in [0, 0.05) is 12.6 Å². The summed E-state index contributed by atoms with van der Waals surface area (Å²) in [6.45, 7) is 7.68. The van der Waals surface area contributed by atoms with Crippen molar-refractivity contribution in [3.63, 3.8) is 0 Å². The third-order valence-corrected chi connectivity index (χ3v) is 6.03. The van der Waals surface area contributed by atoms with Gasteiger partial charge < -0.3 is 16.0 Å². The molecule has 32 heavy (non-hydrogen) atoms. The van der Waals surface area contributed by atoms with Crippen LogP contribution >= 0.6 is 0 Å². The Kier molecular flexibility index (Phi) is 7.13. The van der Waals surface area contributed by atoms with Crippen LogP contribution in [0.5, 0.6) is 0 Å². The summed E-state index contributed by atoms with van der Waals surface area (Å²) in [5, 5.41) is 2.96. The summed E-state index contributed by atoms with van der Waals surface area (Å²) in [4.78, 5) is 40.7. The number of allylic oxidation sites excluding steroid dienone is 1. The van der Waals surface area contributed by atoms with Gasteiger partial charge in [0.2, 0.25) is 11.8 Å². The Morgan fingerprint density at radius 2 is 1.72 bits per heavy atom. The highest BCUT2D eigenvalue weighted by Crippen LogP contribution is 2.39. The van der Waals surface area contributed by atoms with E-state index in [0.717, 1.165) is 22.4 Å². The normalized spacial score (nSPS) is 17.1. The number of benzene rings is 2. The minimum atomic E-state index is -0.872. The number of anilines is 1. The average molecular weight is 434 g/mol. The molecule has 0 saturated carbocycles. The molecule has 3 atom stereocenters. The molecule has 168 valence electrons. The number of hydrogen-bond acceptors (Lipinski definition) is 3. The van der Waals surface area contributed by atoms with Crippen molar-refractivity contribution >= 4 is 23.4 Å². The summed E-state index contributed by atoms with van der Waals surface area (Å²) in [5.74, 6) is -2.29. The number of rotatable bonds is 8. The van der Waals surface area contributed by atoms with Gasteiger partial charge in [0.15, 0.2) is 0 Å². The molecular weight excluding hydrogens is 402 g/mol. The average Bonchev–Trinajstić information content (AvgIpc) is 2.85. The Labute approximate surface area is 189 Å². The number of fused-ring (bicyclic) bond motifs is 3. The Balaban J connectivity index is 2.03. The lowest BCUT2D eigenvalue weighted by molar-refractivity contribution is -0.135. The van der Waals surface area contributed by atoms with Crippen LogP contribution in [0.15, 0.2) is 61.2 Å². The van der Waals surface area contributed by atoms with Gasteiger partial charge in [0.1, 0.15) is 6.04 Å². The first-order valence-corrected chi connectivity index (χ1v) is 10.9. The molecule has 3 rings (SSSR count). The van der Waals surface area contributed by atoms with Gasteiger partial charge in [-0.3, -0.25) is 14.4 Å². The molecule has 0 saturated heterocycles. The third-order valence-electron chi connectivity index (χ3n) is 6.03. The number of para-hydroxylation sites is 1. The maximum atomic E-state index is 13.5. The van der Waals surface area contributed by atoms with E-state index in [1.54, 1.807) is 18.0 Å². The maximum Gasteiger partial charge on any atom is 0.253 e. The number of likely N-dealkylation sites (N-methyl/N-ethyl adjacent to an activating group) is 1. The van der Waals surface area contributed by atoms with E-state index in [1.807, 2.05) is 62.4 Å². The molecule has 1 aliphatic heterocycles. The van der Waals surface area contributed by atoms with Crippen LogP contribution in [-0.2, 0) is 14.4 Å². The van der Waals surface area contributed by atoms with E-state index < -0.39 is 23.8 Å². The smallest absolute Gasteiger partial charge is 0.253 e. The van der Waals surface area contributed by atoms with Crippen molar-refractivity contribution in [3.05, 3.63) is 66.7 Å². The number of nitrogens with one attached hydrogen (secondary N) is 1. The van der Waals surface area contributed by atoms with E-state index in [9.17, 15) is 14.4 Å². The van der Waals surface area contributed by atoms with Crippen LogP contribution in [0.1, 0.15) is 38.3 Å². The van der Waals surface area contributed by atoms with E-state index in [1.165, 1.54) is 0 Å². The van der Waals surface area contributed by atoms with Crippen molar-refractivity contribution in [2.45, 2.75) is 32.7 Å². The SMILES string of the molecule is C=CCC(C(N)=O)C(CC(C)C)C(=O)NC1C(=O)N(C)c2ccccc2-c2ccccc21. The van der Waals surface area contributed by atoms with Crippen molar-refractivity contribution in [3.8, 4) is 11.1 Å². The molecule has 1 heterocycles. The zero-order valence-electron chi connectivity index (χ0n) is 18.9. The van der Waals surface area contributed by atoms with E-state index in [4.69, 9.17) is 5.73 Å². The van der Waals surface area contributed by atoms with Gasteiger partial charge in [0.05, 0.1) is 17.5 Å². The second-order valence-corrected chi connectivity index (χ2v) is 8.71. The molecule has 6 heteroatoms. The monoisotopic (exact) mass is 433 g/mol. The molecule has 0 aliphatic carbocycles. The van der Waals surface area contributed by atoms with Crippen molar-refractivity contribution in [1.29, 1.82) is 0 Å². The van der Waals surface area contributed by atoms with Gasteiger partial charge in [-0.25, -0.2) is 0 Å². The van der Waals surface area contributed by atoms with Gasteiger partial charge in [-0.15, -0.1) is 6.58 Å². The van der Waals surface area contributed by atoms with E-state index in [2.05, 4.69) is 11.9 Å². The lowest BCUT2D eigenvalue weighted by Crippen LogP contribution is -2.46. The van der Waals surface area contributed by atoms with Gasteiger partial charge in [-0.1, -0.05) is 62.4 Å². The highest BCUT2D eigenvalue weighted by molar-refractivity contribution is 6.06. The molecule has 6 nitrogen and oxygen atoms in total. The molecule has 3 amide bonds. The zero-order valence-corrected chi connectivity index (χ0v) is 18.9. The molecule has 1 aliphatic rings. The summed E-state index contributed by atoms with van der Waals surface area (Å²) in [7, 11) is 1.71. The number of carbonyl (C=O) groups excluding carboxylic acids is 3. The molecule has 3 N–H and O–H groups in total. The summed E-state index contributed by atoms with van der Waals surface area (Å²) < 4.78 is 0. The minimum Gasteiger partial charge on any atom is -0.369 e. The molecule has 0 bridgehead atoms. The number of amides is 3. The van der Waals surface area contributed by atoms with Crippen molar-refractivity contribution in [2.24, 2.45) is 23.5 Å². The molecule has 2 aromatic carbocycles. The van der Waals surface area contributed by atoms with E-state index >= 15 is 0 Å². The molecule has 2 aromatic rings. The second kappa shape index (κ2) is 9.81. The molecule has 0 fully saturated rings. The van der Waals surface area contributed by atoms with Crippen molar-refractivity contribution in [1.82, 2.24) is 5.32 Å². The number of carbonyl (C=O) groups is 3. The summed E-state index contributed by atoms with van der Waals surface area (Å²) in [6.07, 6.45) is 2.39. The highest BCUT2D eigenvalue weighted by Gasteiger charge is 2.37. The number of primary amides is 1. The number of nitrogens with two attached hydrogens (primary N) is 1. The second-order valence-electron chi connectivity index (χ2n) is 8.71. The number of nitrogens with zero attached hydrogens (tertiary/aromatic N) is 1. The molecule has 0 radical (unpaired) electrons. The van der Waals surface area contributed by atoms with Crippen LogP contribution in [-0.4, -0.2) is 24.8 Å². The summed E-state index contributed by atoms with van der Waals surface area (Å²) >= 11 is 0. The van der Waals surface area contributed by atoms with Crippen LogP contribution < -0.4 is 16.0 Å². The lowest BCUT2D eigenvalue weighted by atomic mass is 9.82. The standard InChI is InChI=1S/C26H31N3O3/c1-5-10-20(24(27)30)21(15-16(2)3)25(31)28-23-19-13-7-6-11-17(19)18-12-8-9-14-22(18)29(4)26(23)32/h5-9,11-14,16,20-21,23H,1,10,15H2,2-4H3,(H2,27,30)(H,28,31). The van der Waals surface area contributed by atoms with Crippen LogP contribution in [0.25, 0.3) is 11.1 Å². The number of hydrogen-bond donors (Lipinski definition) is 2. The minimum absolute atomic E-state index is 0.168. The topological polar surface area (TPSA) is 92.5 Å². The van der Waals surface area contributed by atoms with E-state index in [0.29, 0.717) is 12.8 Å². The zero-order chi connectivity index (χ0) is 23.4. The first kappa shape index (κ1) is 23.3. The van der Waals surface area contributed by atoms with Crippen LogP contribution in [0.4, 0.5) is 5.69 Å². The Hall–Kier alpha value is -3.41. The fraction of sp³-hybridized carbons (Fsp3) is 0.346.